The van der Waals surface area contributed by atoms with Gasteiger partial charge in [0.2, 0.25) is 0 Å². The maximum Gasteiger partial charge on any atom is 0.0381 e. The lowest BCUT2D eigenvalue weighted by atomic mass is 10.3. The number of benzene rings is 1. The first-order chi connectivity index (χ1) is 4.79. The standard InChI is InChI=1S/C9H11N/c1-8(2)10-9-6-4-3-5-7-9/h3-7,10H,1H2,2H3. The molecule has 0 aliphatic carbocycles. The average Bonchev–Trinajstić information content (AvgIpc) is 1.88. The fourth-order valence-corrected chi connectivity index (χ4v) is 0.768. The summed E-state index contributed by atoms with van der Waals surface area (Å²) in [5.41, 5.74) is 2.06. The van der Waals surface area contributed by atoms with Crippen LogP contribution in [0.1, 0.15) is 6.92 Å². The summed E-state index contributed by atoms with van der Waals surface area (Å²) in [5.74, 6) is 0. The minimum atomic E-state index is 0.964. The lowest BCUT2D eigenvalue weighted by Crippen LogP contribution is -1.91. The Balaban J connectivity index is 2.67. The lowest BCUT2D eigenvalue weighted by molar-refractivity contribution is 1.40. The van der Waals surface area contributed by atoms with Gasteiger partial charge in [0.15, 0.2) is 0 Å². The van der Waals surface area contributed by atoms with Gasteiger partial charge in [-0.2, -0.15) is 0 Å². The van der Waals surface area contributed by atoms with E-state index in [0.29, 0.717) is 0 Å². The van der Waals surface area contributed by atoms with Gasteiger partial charge in [-0.25, -0.2) is 0 Å². The van der Waals surface area contributed by atoms with Gasteiger partial charge in [0, 0.05) is 11.4 Å². The molecule has 0 heterocycles. The second-order valence-corrected chi connectivity index (χ2v) is 2.27. The van der Waals surface area contributed by atoms with Crippen molar-refractivity contribution >= 4 is 5.69 Å². The molecule has 0 aromatic heterocycles. The molecule has 10 heavy (non-hydrogen) atoms. The van der Waals surface area contributed by atoms with Crippen LogP contribution in [-0.2, 0) is 0 Å². The summed E-state index contributed by atoms with van der Waals surface area (Å²) in [6.45, 7) is 5.68. The Hall–Kier alpha value is -1.24. The molecule has 0 unspecified atom stereocenters. The maximum absolute atomic E-state index is 3.74. The molecular weight excluding hydrogens is 122 g/mol. The Morgan fingerprint density at radius 3 is 2.40 bits per heavy atom. The number of anilines is 1. The zero-order valence-electron chi connectivity index (χ0n) is 6.09. The Morgan fingerprint density at radius 1 is 1.30 bits per heavy atom. The third-order valence-corrected chi connectivity index (χ3v) is 1.13. The van der Waals surface area contributed by atoms with Gasteiger partial charge in [-0.05, 0) is 19.1 Å². The van der Waals surface area contributed by atoms with Crippen LogP contribution in [0.3, 0.4) is 0 Å². The quantitative estimate of drug-likeness (QED) is 0.654. The van der Waals surface area contributed by atoms with E-state index in [1.807, 2.05) is 37.3 Å². The number of hydrogen-bond acceptors (Lipinski definition) is 1. The van der Waals surface area contributed by atoms with E-state index in [4.69, 9.17) is 0 Å². The molecule has 0 aliphatic heterocycles. The third-order valence-electron chi connectivity index (χ3n) is 1.13. The van der Waals surface area contributed by atoms with E-state index >= 15 is 0 Å². The summed E-state index contributed by atoms with van der Waals surface area (Å²) < 4.78 is 0. The van der Waals surface area contributed by atoms with Crippen LogP contribution in [0.15, 0.2) is 42.6 Å². The van der Waals surface area contributed by atoms with Crippen molar-refractivity contribution in [3.8, 4) is 0 Å². The molecule has 0 amide bonds. The van der Waals surface area contributed by atoms with Crippen LogP contribution in [-0.4, -0.2) is 0 Å². The molecular formula is C9H11N. The molecule has 52 valence electrons. The van der Waals surface area contributed by atoms with Crippen molar-refractivity contribution in [3.05, 3.63) is 42.6 Å². The minimum absolute atomic E-state index is 0.964. The van der Waals surface area contributed by atoms with E-state index in [0.717, 1.165) is 11.4 Å². The van der Waals surface area contributed by atoms with Crippen LogP contribution in [0.4, 0.5) is 5.69 Å². The van der Waals surface area contributed by atoms with Gasteiger partial charge in [0.1, 0.15) is 0 Å². The monoisotopic (exact) mass is 133 g/mol. The highest BCUT2D eigenvalue weighted by Gasteiger charge is 1.85. The number of hydrogen-bond donors (Lipinski definition) is 1. The van der Waals surface area contributed by atoms with Crippen molar-refractivity contribution in [2.75, 3.05) is 5.32 Å². The molecule has 0 radical (unpaired) electrons. The van der Waals surface area contributed by atoms with Gasteiger partial charge < -0.3 is 5.32 Å². The van der Waals surface area contributed by atoms with Crippen molar-refractivity contribution in [1.29, 1.82) is 0 Å². The predicted molar refractivity (Wildman–Crippen MR) is 44.9 cm³/mol. The van der Waals surface area contributed by atoms with Gasteiger partial charge >= 0.3 is 0 Å². The van der Waals surface area contributed by atoms with Gasteiger partial charge in [-0.1, -0.05) is 24.8 Å². The maximum atomic E-state index is 3.74. The highest BCUT2D eigenvalue weighted by Crippen LogP contribution is 2.06. The molecule has 1 rings (SSSR count). The van der Waals surface area contributed by atoms with E-state index < -0.39 is 0 Å². The first-order valence-electron chi connectivity index (χ1n) is 3.26. The first-order valence-corrected chi connectivity index (χ1v) is 3.26. The molecule has 0 saturated carbocycles. The zero-order chi connectivity index (χ0) is 7.40. The molecule has 0 aliphatic rings. The number of para-hydroxylation sites is 1. The summed E-state index contributed by atoms with van der Waals surface area (Å²) in [6, 6.07) is 9.99. The highest BCUT2D eigenvalue weighted by molar-refractivity contribution is 5.46. The molecule has 0 spiro atoms. The van der Waals surface area contributed by atoms with Crippen LogP contribution >= 0.6 is 0 Å². The fraction of sp³-hybridized carbons (Fsp3) is 0.111. The van der Waals surface area contributed by atoms with E-state index in [9.17, 15) is 0 Å². The fourth-order valence-electron chi connectivity index (χ4n) is 0.768. The van der Waals surface area contributed by atoms with Crippen molar-refractivity contribution in [2.24, 2.45) is 0 Å². The van der Waals surface area contributed by atoms with E-state index in [1.165, 1.54) is 0 Å². The largest absolute Gasteiger partial charge is 0.360 e. The van der Waals surface area contributed by atoms with E-state index in [1.54, 1.807) is 0 Å². The molecule has 0 saturated heterocycles. The zero-order valence-corrected chi connectivity index (χ0v) is 6.09. The van der Waals surface area contributed by atoms with Crippen LogP contribution in [0.5, 0.6) is 0 Å². The van der Waals surface area contributed by atoms with Crippen molar-refractivity contribution in [3.63, 3.8) is 0 Å². The number of rotatable bonds is 2. The molecule has 1 aromatic carbocycles. The summed E-state index contributed by atoms with van der Waals surface area (Å²) in [5, 5.41) is 3.11. The van der Waals surface area contributed by atoms with Gasteiger partial charge in [-0.3, -0.25) is 0 Å². The Bertz CT molecular complexity index is 213. The van der Waals surface area contributed by atoms with Gasteiger partial charge in [-0.15, -0.1) is 0 Å². The normalized spacial score (nSPS) is 8.90. The first kappa shape index (κ1) is 6.87. The Morgan fingerprint density at radius 2 is 1.90 bits per heavy atom. The topological polar surface area (TPSA) is 12.0 Å². The predicted octanol–water partition coefficient (Wildman–Crippen LogP) is 2.63. The minimum Gasteiger partial charge on any atom is -0.360 e. The lowest BCUT2D eigenvalue weighted by Gasteiger charge is -2.02. The van der Waals surface area contributed by atoms with Crippen molar-refractivity contribution in [1.82, 2.24) is 0 Å². The highest BCUT2D eigenvalue weighted by atomic mass is 14.9. The van der Waals surface area contributed by atoms with Crippen LogP contribution in [0, 0.1) is 0 Å². The second kappa shape index (κ2) is 3.06. The third kappa shape index (κ3) is 1.94. The molecule has 1 heteroatoms. The summed E-state index contributed by atoms with van der Waals surface area (Å²) >= 11 is 0. The average molecular weight is 133 g/mol. The summed E-state index contributed by atoms with van der Waals surface area (Å²) in [4.78, 5) is 0. The second-order valence-electron chi connectivity index (χ2n) is 2.27. The summed E-state index contributed by atoms with van der Waals surface area (Å²) in [6.07, 6.45) is 0. The number of allylic oxidation sites excluding steroid dienone is 1. The van der Waals surface area contributed by atoms with Crippen molar-refractivity contribution in [2.45, 2.75) is 6.92 Å². The SMILES string of the molecule is C=C(C)Nc1ccccc1. The van der Waals surface area contributed by atoms with E-state index in [2.05, 4.69) is 11.9 Å². The summed E-state index contributed by atoms with van der Waals surface area (Å²) in [7, 11) is 0. The van der Waals surface area contributed by atoms with Crippen LogP contribution < -0.4 is 5.32 Å². The molecule has 1 nitrogen and oxygen atoms in total. The number of nitrogens with one attached hydrogen (secondary N) is 1. The molecule has 0 atom stereocenters. The Kier molecular flexibility index (Phi) is 2.11. The molecule has 0 fully saturated rings. The van der Waals surface area contributed by atoms with Gasteiger partial charge in [0.05, 0.1) is 0 Å². The van der Waals surface area contributed by atoms with Crippen molar-refractivity contribution < 1.29 is 0 Å². The van der Waals surface area contributed by atoms with Gasteiger partial charge in [0.25, 0.3) is 0 Å². The van der Waals surface area contributed by atoms with E-state index in [-0.39, 0.29) is 0 Å². The Labute approximate surface area is 61.4 Å². The molecule has 1 aromatic rings. The smallest absolute Gasteiger partial charge is 0.0381 e. The molecule has 0 bridgehead atoms. The van der Waals surface area contributed by atoms with Crippen LogP contribution in [0.2, 0.25) is 0 Å². The van der Waals surface area contributed by atoms with Crippen LogP contribution in [0.25, 0.3) is 0 Å². The molecule has 1 N–H and O–H groups in total.